The summed E-state index contributed by atoms with van der Waals surface area (Å²) in [6.45, 7) is 2.04. The van der Waals surface area contributed by atoms with Gasteiger partial charge in [-0.2, -0.15) is 5.10 Å². The van der Waals surface area contributed by atoms with Gasteiger partial charge in [-0.15, -0.1) is 0 Å². The molecule has 3 rings (SSSR count). The number of rotatable bonds is 8. The van der Waals surface area contributed by atoms with Crippen LogP contribution in [-0.4, -0.2) is 17.5 Å². The fraction of sp³-hybridized carbons (Fsp3) is 0.125. The predicted octanol–water partition coefficient (Wildman–Crippen LogP) is 4.40. The number of hydrazone groups is 1. The molecule has 0 fully saturated rings. The van der Waals surface area contributed by atoms with Crippen molar-refractivity contribution >= 4 is 23.2 Å². The zero-order valence-electron chi connectivity index (χ0n) is 16.7. The maximum Gasteiger partial charge on any atom is 0.275 e. The average Bonchev–Trinajstić information content (AvgIpc) is 2.77. The topological polar surface area (TPSA) is 79.8 Å². The first kappa shape index (κ1) is 20.8. The van der Waals surface area contributed by atoms with Gasteiger partial charge in [-0.25, -0.2) is 5.43 Å². The first-order valence-corrected chi connectivity index (χ1v) is 9.56. The number of ether oxygens (including phenoxy) is 1. The standard InChI is InChI=1S/C24H23N3O3/c1-18(16-23(28)25-20-12-6-3-7-13-20)26-27-24(29)21-14-8-9-15-22(21)30-17-19-10-4-2-5-11-19/h2-15H,16-17H2,1H3,(H,25,28)(H,27,29). The van der Waals surface area contributed by atoms with Crippen molar-refractivity contribution < 1.29 is 14.3 Å². The van der Waals surface area contributed by atoms with Gasteiger partial charge in [0.15, 0.2) is 0 Å². The molecule has 0 bridgehead atoms. The number of anilines is 1. The molecule has 2 N–H and O–H groups in total. The number of amides is 2. The fourth-order valence-corrected chi connectivity index (χ4v) is 2.72. The molecule has 0 heterocycles. The Bertz CT molecular complexity index is 1020. The Morgan fingerprint density at radius 1 is 0.867 bits per heavy atom. The molecule has 0 aliphatic rings. The van der Waals surface area contributed by atoms with Crippen molar-refractivity contribution in [1.82, 2.24) is 5.43 Å². The van der Waals surface area contributed by atoms with Crippen LogP contribution in [0, 0.1) is 0 Å². The number of para-hydroxylation sites is 2. The second-order valence-corrected chi connectivity index (χ2v) is 6.65. The van der Waals surface area contributed by atoms with E-state index in [1.165, 1.54) is 0 Å². The zero-order valence-corrected chi connectivity index (χ0v) is 16.7. The number of nitrogens with one attached hydrogen (secondary N) is 2. The Labute approximate surface area is 175 Å². The maximum atomic E-state index is 12.6. The molecule has 152 valence electrons. The molecule has 3 aromatic carbocycles. The largest absolute Gasteiger partial charge is 0.488 e. The number of benzene rings is 3. The van der Waals surface area contributed by atoms with E-state index in [9.17, 15) is 9.59 Å². The first-order chi connectivity index (χ1) is 14.6. The van der Waals surface area contributed by atoms with Crippen LogP contribution in [-0.2, 0) is 11.4 Å². The lowest BCUT2D eigenvalue weighted by Gasteiger charge is -2.11. The maximum absolute atomic E-state index is 12.6. The molecule has 0 spiro atoms. The molecule has 2 amide bonds. The Hall–Kier alpha value is -3.93. The van der Waals surface area contributed by atoms with Crippen LogP contribution >= 0.6 is 0 Å². The van der Waals surface area contributed by atoms with Crippen LogP contribution in [0.5, 0.6) is 5.75 Å². The summed E-state index contributed by atoms with van der Waals surface area (Å²) in [5, 5.41) is 6.82. The van der Waals surface area contributed by atoms with Crippen molar-refractivity contribution in [1.29, 1.82) is 0 Å². The number of carbonyl (C=O) groups is 2. The van der Waals surface area contributed by atoms with Crippen molar-refractivity contribution in [3.8, 4) is 5.75 Å². The molecular formula is C24H23N3O3. The summed E-state index contributed by atoms with van der Waals surface area (Å²) in [6.07, 6.45) is 0.0708. The average molecular weight is 401 g/mol. The molecule has 30 heavy (non-hydrogen) atoms. The van der Waals surface area contributed by atoms with Crippen LogP contribution in [0.1, 0.15) is 29.3 Å². The molecule has 6 nitrogen and oxygen atoms in total. The molecular weight excluding hydrogens is 378 g/mol. The van der Waals surface area contributed by atoms with E-state index in [4.69, 9.17) is 4.74 Å². The summed E-state index contributed by atoms with van der Waals surface area (Å²) in [6, 6.07) is 25.8. The van der Waals surface area contributed by atoms with Gasteiger partial charge in [-0.3, -0.25) is 9.59 Å². The Morgan fingerprint density at radius 3 is 2.23 bits per heavy atom. The lowest BCUT2D eigenvalue weighted by Crippen LogP contribution is -2.22. The van der Waals surface area contributed by atoms with Gasteiger partial charge < -0.3 is 10.1 Å². The van der Waals surface area contributed by atoms with Gasteiger partial charge >= 0.3 is 0 Å². The highest BCUT2D eigenvalue weighted by Crippen LogP contribution is 2.19. The Kier molecular flexibility index (Phi) is 7.33. The number of hydrogen-bond acceptors (Lipinski definition) is 4. The highest BCUT2D eigenvalue weighted by Gasteiger charge is 2.12. The van der Waals surface area contributed by atoms with E-state index in [2.05, 4.69) is 15.8 Å². The SMILES string of the molecule is CC(CC(=O)Nc1ccccc1)=NNC(=O)c1ccccc1OCc1ccccc1. The first-order valence-electron chi connectivity index (χ1n) is 9.56. The molecule has 0 aliphatic carbocycles. The van der Waals surface area contributed by atoms with Gasteiger partial charge in [-0.05, 0) is 36.8 Å². The van der Waals surface area contributed by atoms with Crippen LogP contribution in [0.3, 0.4) is 0 Å². The predicted molar refractivity (Wildman–Crippen MR) is 117 cm³/mol. The molecule has 0 atom stereocenters. The molecule has 0 saturated heterocycles. The lowest BCUT2D eigenvalue weighted by molar-refractivity contribution is -0.115. The molecule has 0 unspecified atom stereocenters. The van der Waals surface area contributed by atoms with Crippen molar-refractivity contribution in [2.24, 2.45) is 5.10 Å². The fourth-order valence-electron chi connectivity index (χ4n) is 2.72. The summed E-state index contributed by atoms with van der Waals surface area (Å²) in [5.41, 5.74) is 5.07. The van der Waals surface area contributed by atoms with E-state index in [-0.39, 0.29) is 12.3 Å². The van der Waals surface area contributed by atoms with Gasteiger partial charge in [0.2, 0.25) is 5.91 Å². The number of hydrogen-bond donors (Lipinski definition) is 2. The third-order valence-electron chi connectivity index (χ3n) is 4.19. The van der Waals surface area contributed by atoms with Crippen molar-refractivity contribution in [2.45, 2.75) is 20.0 Å². The zero-order chi connectivity index (χ0) is 21.2. The second-order valence-electron chi connectivity index (χ2n) is 6.65. The molecule has 0 radical (unpaired) electrons. The Balaban J connectivity index is 1.56. The van der Waals surface area contributed by atoms with E-state index < -0.39 is 5.91 Å². The monoisotopic (exact) mass is 401 g/mol. The highest BCUT2D eigenvalue weighted by atomic mass is 16.5. The minimum absolute atomic E-state index is 0.0708. The van der Waals surface area contributed by atoms with Gasteiger partial charge in [0.05, 0.1) is 12.0 Å². The molecule has 6 heteroatoms. The number of carbonyl (C=O) groups excluding carboxylic acids is 2. The van der Waals surface area contributed by atoms with Crippen molar-refractivity contribution in [3.63, 3.8) is 0 Å². The third kappa shape index (κ3) is 6.31. The molecule has 0 aliphatic heterocycles. The van der Waals surface area contributed by atoms with E-state index in [1.54, 1.807) is 43.3 Å². The number of nitrogens with zero attached hydrogens (tertiary/aromatic N) is 1. The van der Waals surface area contributed by atoms with Gasteiger partial charge in [0, 0.05) is 11.4 Å². The van der Waals surface area contributed by atoms with Crippen molar-refractivity contribution in [3.05, 3.63) is 96.1 Å². The van der Waals surface area contributed by atoms with Gasteiger partial charge in [0.25, 0.3) is 5.91 Å². The van der Waals surface area contributed by atoms with Gasteiger partial charge in [-0.1, -0.05) is 60.7 Å². The van der Waals surface area contributed by atoms with Crippen LogP contribution in [0.2, 0.25) is 0 Å². The normalized spacial score (nSPS) is 10.9. The quantitative estimate of drug-likeness (QED) is 0.434. The van der Waals surface area contributed by atoms with E-state index in [0.29, 0.717) is 29.3 Å². The van der Waals surface area contributed by atoms with E-state index in [1.807, 2.05) is 48.5 Å². The third-order valence-corrected chi connectivity index (χ3v) is 4.19. The minimum Gasteiger partial charge on any atom is -0.488 e. The molecule has 3 aromatic rings. The highest BCUT2D eigenvalue weighted by molar-refractivity contribution is 6.06. The molecule has 0 saturated carbocycles. The summed E-state index contributed by atoms with van der Waals surface area (Å²) in [5.74, 6) is -0.140. The lowest BCUT2D eigenvalue weighted by atomic mass is 10.2. The van der Waals surface area contributed by atoms with Gasteiger partial charge in [0.1, 0.15) is 12.4 Å². The van der Waals surface area contributed by atoms with Crippen molar-refractivity contribution in [2.75, 3.05) is 5.32 Å². The van der Waals surface area contributed by atoms with E-state index >= 15 is 0 Å². The smallest absolute Gasteiger partial charge is 0.275 e. The molecule has 0 aromatic heterocycles. The van der Waals surface area contributed by atoms with Crippen LogP contribution in [0.15, 0.2) is 90.0 Å². The summed E-state index contributed by atoms with van der Waals surface area (Å²) < 4.78 is 5.81. The van der Waals surface area contributed by atoms with E-state index in [0.717, 1.165) is 5.56 Å². The summed E-state index contributed by atoms with van der Waals surface area (Å²) in [7, 11) is 0. The second kappa shape index (κ2) is 10.6. The van der Waals surface area contributed by atoms with Crippen LogP contribution < -0.4 is 15.5 Å². The van der Waals surface area contributed by atoms with Crippen LogP contribution in [0.4, 0.5) is 5.69 Å². The minimum atomic E-state index is -0.401. The Morgan fingerprint density at radius 2 is 1.50 bits per heavy atom. The summed E-state index contributed by atoms with van der Waals surface area (Å²) >= 11 is 0. The summed E-state index contributed by atoms with van der Waals surface area (Å²) in [4.78, 5) is 24.6. The van der Waals surface area contributed by atoms with Crippen LogP contribution in [0.25, 0.3) is 0 Å².